The van der Waals surface area contributed by atoms with Crippen molar-refractivity contribution in [2.45, 2.75) is 19.1 Å². The van der Waals surface area contributed by atoms with Gasteiger partial charge in [0, 0.05) is 5.56 Å². The number of benzene rings is 1. The number of thiazole rings is 1. The average molecular weight is 404 g/mol. The molecule has 0 aliphatic rings. The number of ether oxygens (including phenoxy) is 1. The van der Waals surface area contributed by atoms with Crippen LogP contribution in [0.3, 0.4) is 0 Å². The molecule has 2 aromatic heterocycles. The van der Waals surface area contributed by atoms with Crippen molar-refractivity contribution in [2.24, 2.45) is 0 Å². The monoisotopic (exact) mass is 404 g/mol. The summed E-state index contributed by atoms with van der Waals surface area (Å²) in [6, 6.07) is 7.71. The molecule has 0 atom stereocenters. The molecule has 3 rings (SSSR count). The zero-order valence-corrected chi connectivity index (χ0v) is 16.4. The molecule has 1 amide bonds. The van der Waals surface area contributed by atoms with Gasteiger partial charge in [0.15, 0.2) is 5.13 Å². The Hall–Kier alpha value is -2.72. The molecular formula is C17H16N4O4S2. The van der Waals surface area contributed by atoms with E-state index in [9.17, 15) is 9.59 Å². The second kappa shape index (κ2) is 8.31. The molecule has 0 bridgehead atoms. The Morgan fingerprint density at radius 1 is 1.22 bits per heavy atom. The van der Waals surface area contributed by atoms with Gasteiger partial charge in [-0.05, 0) is 26.0 Å². The minimum absolute atomic E-state index is 0.0711. The van der Waals surface area contributed by atoms with Crippen LogP contribution in [0.1, 0.15) is 20.9 Å². The number of esters is 1. The first-order chi connectivity index (χ1) is 13.0. The van der Waals surface area contributed by atoms with E-state index in [4.69, 9.17) is 4.42 Å². The van der Waals surface area contributed by atoms with Crippen LogP contribution in [0.2, 0.25) is 0 Å². The standard InChI is InChI=1S/C17H16N4O4S2/c1-9-4-6-11(7-5-9)14-20-21-17(25-14)26-8-12(22)19-16-18-10(2)13(27-16)15(23)24-3/h4-7H,8H2,1-3H3,(H,18,19,22). The van der Waals surface area contributed by atoms with Gasteiger partial charge in [-0.2, -0.15) is 0 Å². The molecule has 0 radical (unpaired) electrons. The maximum Gasteiger partial charge on any atom is 0.350 e. The zero-order chi connectivity index (χ0) is 19.4. The van der Waals surface area contributed by atoms with Gasteiger partial charge in [-0.1, -0.05) is 40.8 Å². The molecule has 0 aliphatic carbocycles. The van der Waals surface area contributed by atoms with Gasteiger partial charge >= 0.3 is 5.97 Å². The fourth-order valence-electron chi connectivity index (χ4n) is 2.10. The maximum atomic E-state index is 12.1. The summed E-state index contributed by atoms with van der Waals surface area (Å²) in [6.45, 7) is 3.67. The van der Waals surface area contributed by atoms with Crippen LogP contribution >= 0.6 is 23.1 Å². The van der Waals surface area contributed by atoms with E-state index >= 15 is 0 Å². The predicted octanol–water partition coefficient (Wildman–Crippen LogP) is 3.33. The number of amides is 1. The van der Waals surface area contributed by atoms with Crippen molar-refractivity contribution >= 4 is 40.1 Å². The molecule has 10 heteroatoms. The van der Waals surface area contributed by atoms with Crippen molar-refractivity contribution in [3.05, 3.63) is 40.4 Å². The third-order valence-corrected chi connectivity index (χ3v) is 5.32. The summed E-state index contributed by atoms with van der Waals surface area (Å²) in [5.74, 6) is -0.298. The summed E-state index contributed by atoms with van der Waals surface area (Å²) in [5.41, 5.74) is 2.46. The third-order valence-electron chi connectivity index (χ3n) is 3.45. The summed E-state index contributed by atoms with van der Waals surface area (Å²) < 4.78 is 10.2. The van der Waals surface area contributed by atoms with Crippen molar-refractivity contribution in [3.8, 4) is 11.5 Å². The molecule has 2 heterocycles. The maximum absolute atomic E-state index is 12.1. The van der Waals surface area contributed by atoms with E-state index < -0.39 is 5.97 Å². The van der Waals surface area contributed by atoms with Gasteiger partial charge in [0.1, 0.15) is 4.88 Å². The normalized spacial score (nSPS) is 10.6. The van der Waals surface area contributed by atoms with E-state index in [0.717, 1.165) is 34.2 Å². The van der Waals surface area contributed by atoms with Gasteiger partial charge in [-0.15, -0.1) is 10.2 Å². The van der Waals surface area contributed by atoms with E-state index in [1.807, 2.05) is 31.2 Å². The topological polar surface area (TPSA) is 107 Å². The average Bonchev–Trinajstić information content (AvgIpc) is 3.26. The van der Waals surface area contributed by atoms with E-state index in [1.54, 1.807) is 6.92 Å². The van der Waals surface area contributed by atoms with Crippen molar-refractivity contribution in [2.75, 3.05) is 18.2 Å². The van der Waals surface area contributed by atoms with Gasteiger partial charge in [0.05, 0.1) is 18.6 Å². The first-order valence-corrected chi connectivity index (χ1v) is 9.65. The number of methoxy groups -OCH3 is 1. The Balaban J connectivity index is 1.57. The highest BCUT2D eigenvalue weighted by Gasteiger charge is 2.17. The van der Waals surface area contributed by atoms with Crippen molar-refractivity contribution in [1.29, 1.82) is 0 Å². The molecule has 1 N–H and O–H groups in total. The number of aryl methyl sites for hydroxylation is 2. The molecule has 0 saturated heterocycles. The second-order valence-corrected chi connectivity index (χ2v) is 7.43. The third kappa shape index (κ3) is 4.72. The van der Waals surface area contributed by atoms with Crippen LogP contribution in [-0.4, -0.2) is 39.9 Å². The summed E-state index contributed by atoms with van der Waals surface area (Å²) in [7, 11) is 1.30. The lowest BCUT2D eigenvalue weighted by Crippen LogP contribution is -2.13. The van der Waals surface area contributed by atoms with Crippen molar-refractivity contribution in [1.82, 2.24) is 15.2 Å². The zero-order valence-electron chi connectivity index (χ0n) is 14.8. The van der Waals surface area contributed by atoms with E-state index in [-0.39, 0.29) is 11.7 Å². The minimum Gasteiger partial charge on any atom is -0.465 e. The van der Waals surface area contributed by atoms with E-state index in [1.165, 1.54) is 7.11 Å². The second-order valence-electron chi connectivity index (χ2n) is 5.50. The van der Waals surface area contributed by atoms with Crippen molar-refractivity contribution in [3.63, 3.8) is 0 Å². The Bertz CT molecular complexity index is 966. The van der Waals surface area contributed by atoms with Gasteiger partial charge in [0.2, 0.25) is 11.8 Å². The number of aromatic nitrogens is 3. The molecular weight excluding hydrogens is 388 g/mol. The highest BCUT2D eigenvalue weighted by Crippen LogP contribution is 2.25. The Morgan fingerprint density at radius 2 is 1.96 bits per heavy atom. The van der Waals surface area contributed by atoms with Crippen molar-refractivity contribution < 1.29 is 18.7 Å². The first kappa shape index (κ1) is 19.1. The van der Waals surface area contributed by atoms with Gasteiger partial charge in [-0.25, -0.2) is 9.78 Å². The quantitative estimate of drug-likeness (QED) is 0.492. The van der Waals surface area contributed by atoms with Gasteiger partial charge in [-0.3, -0.25) is 4.79 Å². The van der Waals surface area contributed by atoms with Gasteiger partial charge < -0.3 is 14.5 Å². The van der Waals surface area contributed by atoms with Crippen LogP contribution in [0.15, 0.2) is 33.9 Å². The lowest BCUT2D eigenvalue weighted by Gasteiger charge is -1.99. The van der Waals surface area contributed by atoms with Gasteiger partial charge in [0.25, 0.3) is 5.22 Å². The van der Waals surface area contributed by atoms with Crippen LogP contribution in [0, 0.1) is 13.8 Å². The Labute approximate surface area is 163 Å². The molecule has 0 aliphatic heterocycles. The first-order valence-electron chi connectivity index (χ1n) is 7.85. The highest BCUT2D eigenvalue weighted by molar-refractivity contribution is 7.99. The van der Waals surface area contributed by atoms with Crippen LogP contribution in [-0.2, 0) is 9.53 Å². The Kier molecular flexibility index (Phi) is 5.87. The number of rotatable bonds is 6. The number of hydrogen-bond donors (Lipinski definition) is 1. The summed E-state index contributed by atoms with van der Waals surface area (Å²) in [6.07, 6.45) is 0. The number of anilines is 1. The number of hydrogen-bond acceptors (Lipinski definition) is 9. The van der Waals surface area contributed by atoms with Crippen LogP contribution in [0.25, 0.3) is 11.5 Å². The number of carbonyl (C=O) groups excluding carboxylic acids is 2. The fourth-order valence-corrected chi connectivity index (χ4v) is 3.56. The molecule has 3 aromatic rings. The highest BCUT2D eigenvalue weighted by atomic mass is 32.2. The molecule has 140 valence electrons. The number of nitrogens with zero attached hydrogens (tertiary/aromatic N) is 3. The largest absolute Gasteiger partial charge is 0.465 e. The molecule has 0 spiro atoms. The fraction of sp³-hybridized carbons (Fsp3) is 0.235. The predicted molar refractivity (Wildman–Crippen MR) is 102 cm³/mol. The molecule has 0 unspecified atom stereocenters. The smallest absolute Gasteiger partial charge is 0.350 e. The van der Waals surface area contributed by atoms with Crippen LogP contribution in [0.4, 0.5) is 5.13 Å². The summed E-state index contributed by atoms with van der Waals surface area (Å²) >= 11 is 2.19. The summed E-state index contributed by atoms with van der Waals surface area (Å²) in [5, 5.41) is 11.2. The molecule has 0 fully saturated rings. The lowest BCUT2D eigenvalue weighted by atomic mass is 10.1. The van der Waals surface area contributed by atoms with E-state index in [0.29, 0.717) is 26.8 Å². The molecule has 8 nitrogen and oxygen atoms in total. The molecule has 27 heavy (non-hydrogen) atoms. The van der Waals surface area contributed by atoms with Crippen LogP contribution < -0.4 is 5.32 Å². The lowest BCUT2D eigenvalue weighted by molar-refractivity contribution is -0.113. The SMILES string of the molecule is COC(=O)c1sc(NC(=O)CSc2nnc(-c3ccc(C)cc3)o2)nc1C. The van der Waals surface area contributed by atoms with E-state index in [2.05, 4.69) is 25.2 Å². The number of thioether (sulfide) groups is 1. The summed E-state index contributed by atoms with van der Waals surface area (Å²) in [4.78, 5) is 28.2. The molecule has 0 saturated carbocycles. The minimum atomic E-state index is -0.477. The Morgan fingerprint density at radius 3 is 2.67 bits per heavy atom. The number of nitrogens with one attached hydrogen (secondary N) is 1. The van der Waals surface area contributed by atoms with Crippen LogP contribution in [0.5, 0.6) is 0 Å². The molecule has 1 aromatic carbocycles. The number of carbonyl (C=O) groups is 2.